The molecule has 0 amide bonds. The first-order chi connectivity index (χ1) is 8.00. The van der Waals surface area contributed by atoms with Gasteiger partial charge in [-0.1, -0.05) is 50.0 Å². The van der Waals surface area contributed by atoms with Gasteiger partial charge in [-0.3, -0.25) is 12.2 Å². The summed E-state index contributed by atoms with van der Waals surface area (Å²) in [6, 6.07) is 0. The molecule has 0 aliphatic heterocycles. The molecule has 0 aromatic carbocycles. The maximum absolute atomic E-state index is 3.21. The second kappa shape index (κ2) is 13.5. The van der Waals surface area contributed by atoms with Crippen LogP contribution in [0.1, 0.15) is 51.4 Å². The van der Waals surface area contributed by atoms with Crippen molar-refractivity contribution in [3.8, 4) is 0 Å². The Hall–Kier alpha value is -0.546. The molecule has 2 rings (SSSR count). The van der Waals surface area contributed by atoms with Gasteiger partial charge in [0.15, 0.2) is 0 Å². The third-order valence-electron chi connectivity index (χ3n) is 2.49. The minimum Gasteiger partial charge on any atom is -0.500 e. The van der Waals surface area contributed by atoms with Gasteiger partial charge in [-0.15, -0.1) is 0 Å². The molecule has 0 bridgehead atoms. The fourth-order valence-corrected chi connectivity index (χ4v) is 1.57. The first-order valence-corrected chi connectivity index (χ1v) is 6.40. The predicted molar refractivity (Wildman–Crippen MR) is 70.8 cm³/mol. The Morgan fingerprint density at radius 2 is 0.941 bits per heavy atom. The maximum atomic E-state index is 3.21. The van der Waals surface area contributed by atoms with Gasteiger partial charge < -0.3 is 12.2 Å². The summed E-state index contributed by atoms with van der Waals surface area (Å²) in [7, 11) is 0. The standard InChI is InChI=1S/2C8H11.Ni/c2*1-2-4-6-8-7-5-3-1;/h2*1-2,7H,3-6H2;/q2*-1;+2/b2-1-;;. The molecule has 0 radical (unpaired) electrons. The topological polar surface area (TPSA) is 0 Å². The maximum Gasteiger partial charge on any atom is 2.00 e. The summed E-state index contributed by atoms with van der Waals surface area (Å²) in [6.07, 6.45) is 29.0. The largest absolute Gasteiger partial charge is 2.00 e. The normalized spacial score (nSPS) is 20.7. The van der Waals surface area contributed by atoms with Crippen LogP contribution in [0.4, 0.5) is 0 Å². The Labute approximate surface area is 116 Å². The van der Waals surface area contributed by atoms with Gasteiger partial charge in [0.25, 0.3) is 0 Å². The molecule has 0 unspecified atom stereocenters. The van der Waals surface area contributed by atoms with Gasteiger partial charge >= 0.3 is 16.5 Å². The van der Waals surface area contributed by atoms with Gasteiger partial charge in [0, 0.05) is 0 Å². The molecule has 0 saturated carbocycles. The van der Waals surface area contributed by atoms with Crippen LogP contribution in [-0.4, -0.2) is 0 Å². The molecule has 0 aromatic heterocycles. The molecular weight excluding hydrogens is 251 g/mol. The van der Waals surface area contributed by atoms with Crippen LogP contribution in [0.15, 0.2) is 36.5 Å². The van der Waals surface area contributed by atoms with Crippen LogP contribution in [-0.2, 0) is 16.5 Å². The van der Waals surface area contributed by atoms with Crippen molar-refractivity contribution < 1.29 is 16.5 Å². The molecular formula is C16H22Ni. The summed E-state index contributed by atoms with van der Waals surface area (Å²) in [5.74, 6) is 0. The molecule has 0 nitrogen and oxygen atoms in total. The number of hydrogen-bond donors (Lipinski definition) is 0. The van der Waals surface area contributed by atoms with Crippen LogP contribution in [0.5, 0.6) is 0 Å². The average molecular weight is 273 g/mol. The molecule has 1 heteroatoms. The van der Waals surface area contributed by atoms with Gasteiger partial charge in [0.05, 0.1) is 0 Å². The monoisotopic (exact) mass is 272 g/mol. The molecule has 2 aliphatic carbocycles. The van der Waals surface area contributed by atoms with Crippen molar-refractivity contribution >= 4 is 0 Å². The molecule has 2 aliphatic rings. The minimum atomic E-state index is 0. The molecule has 0 saturated heterocycles. The Balaban J connectivity index is 0.000000284. The third kappa shape index (κ3) is 11.7. The molecule has 17 heavy (non-hydrogen) atoms. The first kappa shape index (κ1) is 16.5. The molecule has 0 N–H and O–H groups in total. The van der Waals surface area contributed by atoms with Crippen molar-refractivity contribution in [2.75, 3.05) is 0 Å². The van der Waals surface area contributed by atoms with Crippen LogP contribution in [0.2, 0.25) is 0 Å². The fraction of sp³-hybridized carbons (Fsp3) is 0.500. The van der Waals surface area contributed by atoms with Gasteiger partial charge in [-0.05, 0) is 12.8 Å². The van der Waals surface area contributed by atoms with Gasteiger partial charge in [-0.2, -0.15) is 12.8 Å². The van der Waals surface area contributed by atoms with Crippen molar-refractivity contribution in [1.82, 2.24) is 0 Å². The van der Waals surface area contributed by atoms with Crippen LogP contribution in [0, 0.1) is 12.2 Å². The van der Waals surface area contributed by atoms with E-state index in [1.165, 1.54) is 38.5 Å². The molecule has 96 valence electrons. The van der Waals surface area contributed by atoms with E-state index in [1.54, 1.807) is 0 Å². The Morgan fingerprint density at radius 1 is 0.529 bits per heavy atom. The zero-order valence-electron chi connectivity index (χ0n) is 10.4. The second-order valence-corrected chi connectivity index (χ2v) is 3.99. The predicted octanol–water partition coefficient (Wildman–Crippen LogP) is 4.95. The summed E-state index contributed by atoms with van der Waals surface area (Å²) in [5, 5.41) is 0. The van der Waals surface area contributed by atoms with Crippen molar-refractivity contribution in [3.05, 3.63) is 48.6 Å². The average Bonchev–Trinajstić information content (AvgIpc) is 2.15. The minimum absolute atomic E-state index is 0. The Kier molecular flexibility index (Phi) is 13.1. The summed E-state index contributed by atoms with van der Waals surface area (Å²) < 4.78 is 0. The zero-order valence-corrected chi connectivity index (χ0v) is 11.4. The third-order valence-corrected chi connectivity index (χ3v) is 2.49. The number of rotatable bonds is 0. The fourth-order valence-electron chi connectivity index (χ4n) is 1.57. The zero-order chi connectivity index (χ0) is 11.3. The van der Waals surface area contributed by atoms with Crippen LogP contribution in [0.25, 0.3) is 0 Å². The van der Waals surface area contributed by atoms with Crippen LogP contribution < -0.4 is 0 Å². The molecule has 0 fully saturated rings. The van der Waals surface area contributed by atoms with E-state index in [-0.39, 0.29) is 16.5 Å². The van der Waals surface area contributed by atoms with Crippen molar-refractivity contribution in [1.29, 1.82) is 0 Å². The van der Waals surface area contributed by atoms with E-state index < -0.39 is 0 Å². The second-order valence-electron chi connectivity index (χ2n) is 3.99. The van der Waals surface area contributed by atoms with Crippen LogP contribution in [0.3, 0.4) is 0 Å². The Bertz CT molecular complexity index is 179. The summed E-state index contributed by atoms with van der Waals surface area (Å²) >= 11 is 0. The van der Waals surface area contributed by atoms with Crippen molar-refractivity contribution in [2.24, 2.45) is 0 Å². The number of hydrogen-bond acceptors (Lipinski definition) is 0. The van der Waals surface area contributed by atoms with E-state index in [2.05, 4.69) is 48.6 Å². The van der Waals surface area contributed by atoms with Gasteiger partial charge in [0.2, 0.25) is 0 Å². The Morgan fingerprint density at radius 3 is 1.41 bits per heavy atom. The first-order valence-electron chi connectivity index (χ1n) is 6.40. The summed E-state index contributed by atoms with van der Waals surface area (Å²) in [4.78, 5) is 0. The van der Waals surface area contributed by atoms with E-state index in [0.29, 0.717) is 0 Å². The SMILES string of the molecule is [C-]1=CCC/C=C\CC1.[C-]1=CCCC=CCC1.[Ni+2]. The van der Waals surface area contributed by atoms with Gasteiger partial charge in [0.1, 0.15) is 0 Å². The van der Waals surface area contributed by atoms with E-state index in [9.17, 15) is 0 Å². The van der Waals surface area contributed by atoms with E-state index in [0.717, 1.165) is 12.8 Å². The van der Waals surface area contributed by atoms with E-state index in [4.69, 9.17) is 0 Å². The molecule has 0 heterocycles. The van der Waals surface area contributed by atoms with Gasteiger partial charge in [-0.25, -0.2) is 0 Å². The van der Waals surface area contributed by atoms with E-state index in [1.807, 2.05) is 0 Å². The molecule has 0 atom stereocenters. The smallest absolute Gasteiger partial charge is 0.500 e. The van der Waals surface area contributed by atoms with Crippen molar-refractivity contribution in [2.45, 2.75) is 51.4 Å². The summed E-state index contributed by atoms with van der Waals surface area (Å²) in [5.41, 5.74) is 0. The molecule has 0 spiro atoms. The van der Waals surface area contributed by atoms with Crippen molar-refractivity contribution in [3.63, 3.8) is 0 Å². The van der Waals surface area contributed by atoms with Crippen LogP contribution >= 0.6 is 0 Å². The number of allylic oxidation sites excluding steroid dienone is 8. The quantitative estimate of drug-likeness (QED) is 0.333. The summed E-state index contributed by atoms with van der Waals surface area (Å²) in [6.45, 7) is 0. The van der Waals surface area contributed by atoms with E-state index >= 15 is 0 Å². The molecule has 0 aromatic rings.